The Labute approximate surface area is 192 Å². The number of anilines is 1. The van der Waals surface area contributed by atoms with Crippen LogP contribution in [0.15, 0.2) is 77.9 Å². The summed E-state index contributed by atoms with van der Waals surface area (Å²) in [6, 6.07) is 21.4. The third kappa shape index (κ3) is 4.55. The molecule has 0 saturated heterocycles. The number of rotatable bonds is 6. The highest BCUT2D eigenvalue weighted by molar-refractivity contribution is 6.42. The van der Waals surface area contributed by atoms with Gasteiger partial charge in [-0.15, -0.1) is 0 Å². The number of nitrogens with zero attached hydrogens (tertiary/aromatic N) is 2. The lowest BCUT2D eigenvalue weighted by Crippen LogP contribution is -2.19. The third-order valence-electron chi connectivity index (χ3n) is 5.19. The van der Waals surface area contributed by atoms with Gasteiger partial charge in [0.25, 0.3) is 0 Å². The van der Waals surface area contributed by atoms with Gasteiger partial charge in [-0.1, -0.05) is 59.6 Å². The fourth-order valence-electron chi connectivity index (χ4n) is 3.67. The van der Waals surface area contributed by atoms with E-state index < -0.39 is 0 Å². The van der Waals surface area contributed by atoms with Gasteiger partial charge in [-0.25, -0.2) is 0 Å². The van der Waals surface area contributed by atoms with Crippen LogP contribution in [-0.4, -0.2) is 19.9 Å². The Morgan fingerprint density at radius 3 is 2.32 bits per heavy atom. The number of ether oxygens (including phenoxy) is 2. The zero-order valence-corrected chi connectivity index (χ0v) is 18.8. The van der Waals surface area contributed by atoms with E-state index in [9.17, 15) is 0 Å². The number of methoxy groups -OCH3 is 2. The van der Waals surface area contributed by atoms with Crippen molar-refractivity contribution in [2.24, 2.45) is 5.10 Å². The Balaban J connectivity index is 1.72. The predicted molar refractivity (Wildman–Crippen MR) is 129 cm³/mol. The number of para-hydroxylation sites is 2. The minimum Gasteiger partial charge on any atom is -0.496 e. The van der Waals surface area contributed by atoms with E-state index in [1.165, 1.54) is 0 Å². The lowest BCUT2D eigenvalue weighted by Gasteiger charge is -2.25. The number of allylic oxidation sites excluding steroid dienone is 1. The molecule has 0 fully saturated rings. The molecule has 158 valence electrons. The van der Waals surface area contributed by atoms with Gasteiger partial charge >= 0.3 is 0 Å². The maximum Gasteiger partial charge on any atom is 0.126 e. The molecular formula is C25H22Cl2N2O2. The summed E-state index contributed by atoms with van der Waals surface area (Å²) in [4.78, 5) is 0. The van der Waals surface area contributed by atoms with Gasteiger partial charge in [0, 0.05) is 17.5 Å². The van der Waals surface area contributed by atoms with Crippen molar-refractivity contribution in [3.8, 4) is 11.5 Å². The van der Waals surface area contributed by atoms with Gasteiger partial charge < -0.3 is 9.47 Å². The monoisotopic (exact) mass is 452 g/mol. The quantitative estimate of drug-likeness (QED) is 0.402. The predicted octanol–water partition coefficient (Wildman–Crippen LogP) is 7.03. The highest BCUT2D eigenvalue weighted by Crippen LogP contribution is 2.40. The van der Waals surface area contributed by atoms with E-state index in [0.29, 0.717) is 16.5 Å². The van der Waals surface area contributed by atoms with Crippen LogP contribution in [0, 0.1) is 0 Å². The van der Waals surface area contributed by atoms with Crippen molar-refractivity contribution in [1.29, 1.82) is 0 Å². The molecule has 0 aromatic heterocycles. The molecule has 31 heavy (non-hydrogen) atoms. The molecule has 4 nitrogen and oxygen atoms in total. The molecule has 3 aromatic rings. The summed E-state index contributed by atoms with van der Waals surface area (Å²) < 4.78 is 11.1. The summed E-state index contributed by atoms with van der Waals surface area (Å²) in [7, 11) is 3.35. The molecule has 1 aliphatic heterocycles. The van der Waals surface area contributed by atoms with Crippen LogP contribution in [0.25, 0.3) is 6.08 Å². The zero-order valence-electron chi connectivity index (χ0n) is 17.3. The van der Waals surface area contributed by atoms with Gasteiger partial charge in [-0.3, -0.25) is 5.01 Å². The van der Waals surface area contributed by atoms with Crippen LogP contribution in [0.4, 0.5) is 5.69 Å². The summed E-state index contributed by atoms with van der Waals surface area (Å²) >= 11 is 12.4. The lowest BCUT2D eigenvalue weighted by atomic mass is 9.99. The fraction of sp³-hybridized carbons (Fsp3) is 0.160. The van der Waals surface area contributed by atoms with Crippen molar-refractivity contribution in [3.05, 3.63) is 94.0 Å². The zero-order chi connectivity index (χ0) is 21.8. The molecule has 1 heterocycles. The highest BCUT2D eigenvalue weighted by atomic mass is 35.5. The molecule has 0 spiro atoms. The van der Waals surface area contributed by atoms with E-state index in [2.05, 4.69) is 6.07 Å². The minimum absolute atomic E-state index is 0.0364. The van der Waals surface area contributed by atoms with Gasteiger partial charge in [0.1, 0.15) is 11.5 Å². The van der Waals surface area contributed by atoms with Crippen molar-refractivity contribution in [2.45, 2.75) is 12.5 Å². The van der Waals surface area contributed by atoms with Crippen LogP contribution >= 0.6 is 23.2 Å². The molecule has 6 heteroatoms. The van der Waals surface area contributed by atoms with E-state index in [0.717, 1.165) is 34.0 Å². The first-order chi connectivity index (χ1) is 15.1. The molecule has 1 atom stereocenters. The molecule has 0 bridgehead atoms. The standard InChI is InChI=1S/C25H22Cl2N2O2/c1-30-24-9-5-3-7-17(24)11-12-18-15-23(20-8-4-6-10-25(20)31-2)29(28-18)19-13-14-21(26)22(27)16-19/h3-14,16,23H,15H2,1-2H3. The van der Waals surface area contributed by atoms with E-state index in [-0.39, 0.29) is 6.04 Å². The number of benzene rings is 3. The second-order valence-electron chi connectivity index (χ2n) is 7.07. The maximum absolute atomic E-state index is 6.30. The third-order valence-corrected chi connectivity index (χ3v) is 5.93. The van der Waals surface area contributed by atoms with Crippen LogP contribution in [0.3, 0.4) is 0 Å². The van der Waals surface area contributed by atoms with Crippen molar-refractivity contribution in [3.63, 3.8) is 0 Å². The van der Waals surface area contributed by atoms with Crippen LogP contribution in [0.1, 0.15) is 23.6 Å². The summed E-state index contributed by atoms with van der Waals surface area (Å²) in [6.45, 7) is 0. The topological polar surface area (TPSA) is 34.1 Å². The average Bonchev–Trinajstić information content (AvgIpc) is 3.23. The van der Waals surface area contributed by atoms with Crippen molar-refractivity contribution >= 4 is 40.7 Å². The van der Waals surface area contributed by atoms with Gasteiger partial charge in [0.05, 0.1) is 41.7 Å². The molecule has 3 aromatic carbocycles. The first-order valence-electron chi connectivity index (χ1n) is 9.86. The van der Waals surface area contributed by atoms with Gasteiger partial charge in [0.2, 0.25) is 0 Å². The van der Waals surface area contributed by atoms with Crippen molar-refractivity contribution in [2.75, 3.05) is 19.2 Å². The fourth-order valence-corrected chi connectivity index (χ4v) is 3.97. The van der Waals surface area contributed by atoms with Crippen LogP contribution in [-0.2, 0) is 0 Å². The largest absolute Gasteiger partial charge is 0.496 e. The lowest BCUT2D eigenvalue weighted by molar-refractivity contribution is 0.405. The SMILES string of the molecule is COc1ccccc1C=CC1=NN(c2ccc(Cl)c(Cl)c2)C(c2ccccc2OC)C1. The maximum atomic E-state index is 6.30. The molecule has 0 amide bonds. The first kappa shape index (κ1) is 21.3. The van der Waals surface area contributed by atoms with Crippen molar-refractivity contribution < 1.29 is 9.47 Å². The Morgan fingerprint density at radius 1 is 0.871 bits per heavy atom. The molecule has 1 aliphatic rings. The molecule has 0 radical (unpaired) electrons. The summed E-state index contributed by atoms with van der Waals surface area (Å²) in [5.41, 5.74) is 3.86. The van der Waals surface area contributed by atoms with Crippen LogP contribution in [0.2, 0.25) is 10.0 Å². The summed E-state index contributed by atoms with van der Waals surface area (Å²) in [5, 5.41) is 7.88. The van der Waals surface area contributed by atoms with Crippen LogP contribution in [0.5, 0.6) is 11.5 Å². The molecular weight excluding hydrogens is 431 g/mol. The van der Waals surface area contributed by atoms with Gasteiger partial charge in [-0.05, 0) is 42.5 Å². The van der Waals surface area contributed by atoms with Gasteiger partial charge in [-0.2, -0.15) is 5.10 Å². The molecule has 1 unspecified atom stereocenters. The van der Waals surface area contributed by atoms with Crippen LogP contribution < -0.4 is 14.5 Å². The Morgan fingerprint density at radius 2 is 1.58 bits per heavy atom. The number of halogens is 2. The van der Waals surface area contributed by atoms with E-state index >= 15 is 0 Å². The van der Waals surface area contributed by atoms with E-state index in [4.69, 9.17) is 37.8 Å². The number of hydrazone groups is 1. The average molecular weight is 453 g/mol. The second-order valence-corrected chi connectivity index (χ2v) is 7.89. The summed E-state index contributed by atoms with van der Waals surface area (Å²) in [5.74, 6) is 1.64. The second kappa shape index (κ2) is 9.46. The van der Waals surface area contributed by atoms with Gasteiger partial charge in [0.15, 0.2) is 0 Å². The highest BCUT2D eigenvalue weighted by Gasteiger charge is 2.30. The Hall–Kier alpha value is -2.95. The normalized spacial score (nSPS) is 15.9. The number of hydrogen-bond acceptors (Lipinski definition) is 4. The van der Waals surface area contributed by atoms with E-state index in [1.54, 1.807) is 20.3 Å². The molecule has 4 rings (SSSR count). The van der Waals surface area contributed by atoms with E-state index in [1.807, 2.05) is 71.8 Å². The first-order valence-corrected chi connectivity index (χ1v) is 10.6. The molecule has 0 aliphatic carbocycles. The minimum atomic E-state index is -0.0364. The molecule has 0 saturated carbocycles. The van der Waals surface area contributed by atoms with Crippen molar-refractivity contribution in [1.82, 2.24) is 0 Å². The Bertz CT molecular complexity index is 1140. The summed E-state index contributed by atoms with van der Waals surface area (Å²) in [6.07, 6.45) is 4.76. The molecule has 0 N–H and O–H groups in total. The smallest absolute Gasteiger partial charge is 0.126 e. The number of hydrogen-bond donors (Lipinski definition) is 0. The Kier molecular flexibility index (Phi) is 6.50.